The van der Waals surface area contributed by atoms with Crippen LogP contribution in [0.25, 0.3) is 0 Å². The topological polar surface area (TPSA) is 62.7 Å². The number of amides is 1. The van der Waals surface area contributed by atoms with Crippen molar-refractivity contribution < 1.29 is 9.21 Å². The molecule has 20 heavy (non-hydrogen) atoms. The molecule has 0 spiro atoms. The molecule has 1 unspecified atom stereocenters. The van der Waals surface area contributed by atoms with Gasteiger partial charge in [0.25, 0.3) is 5.91 Å². The Morgan fingerprint density at radius 2 is 2.00 bits per heavy atom. The Balaban J connectivity index is 1.58. The van der Waals surface area contributed by atoms with Crippen molar-refractivity contribution in [1.29, 1.82) is 0 Å². The summed E-state index contributed by atoms with van der Waals surface area (Å²) in [6.07, 6.45) is 3.20. The molecule has 0 aliphatic carbocycles. The first-order valence-corrected chi connectivity index (χ1v) is 7.49. The molecule has 2 fully saturated rings. The summed E-state index contributed by atoms with van der Waals surface area (Å²) >= 11 is 0. The first-order chi connectivity index (χ1) is 9.63. The van der Waals surface area contributed by atoms with Crippen LogP contribution in [0.15, 0.2) is 16.5 Å². The van der Waals surface area contributed by atoms with Gasteiger partial charge < -0.3 is 15.1 Å². The van der Waals surface area contributed by atoms with Crippen LogP contribution in [0.2, 0.25) is 0 Å². The fraction of sp³-hybridized carbons (Fsp3) is 0.667. The monoisotopic (exact) mass is 277 g/mol. The van der Waals surface area contributed by atoms with Crippen molar-refractivity contribution in [3.05, 3.63) is 23.7 Å². The Labute approximate surface area is 119 Å². The minimum Gasteiger partial charge on any atom is -0.456 e. The van der Waals surface area contributed by atoms with Crippen molar-refractivity contribution in [2.24, 2.45) is 5.73 Å². The predicted molar refractivity (Wildman–Crippen MR) is 76.5 cm³/mol. The molecule has 110 valence electrons. The van der Waals surface area contributed by atoms with Gasteiger partial charge in [0.15, 0.2) is 5.76 Å². The number of rotatable bonds is 2. The van der Waals surface area contributed by atoms with Gasteiger partial charge >= 0.3 is 0 Å². The van der Waals surface area contributed by atoms with Crippen molar-refractivity contribution in [2.45, 2.75) is 38.3 Å². The standard InChI is InChI=1S/C15H23N3O2/c1-11-2-3-14(20-11)15(19)18-9-6-13(10-18)17-7-4-12(16)5-8-17/h2-3,12-13H,4-10,16H2,1H3. The van der Waals surface area contributed by atoms with Crippen LogP contribution in [0.1, 0.15) is 35.6 Å². The molecule has 1 aromatic rings. The van der Waals surface area contributed by atoms with Crippen molar-refractivity contribution in [3.63, 3.8) is 0 Å². The van der Waals surface area contributed by atoms with E-state index in [0.717, 1.165) is 51.2 Å². The molecular weight excluding hydrogens is 254 g/mol. The quantitative estimate of drug-likeness (QED) is 0.883. The Morgan fingerprint density at radius 3 is 2.65 bits per heavy atom. The summed E-state index contributed by atoms with van der Waals surface area (Å²) in [4.78, 5) is 16.7. The van der Waals surface area contributed by atoms with E-state index in [4.69, 9.17) is 10.2 Å². The molecule has 0 radical (unpaired) electrons. The van der Waals surface area contributed by atoms with Crippen molar-refractivity contribution >= 4 is 5.91 Å². The van der Waals surface area contributed by atoms with Gasteiger partial charge in [0.05, 0.1) is 0 Å². The highest BCUT2D eigenvalue weighted by Gasteiger charge is 2.33. The smallest absolute Gasteiger partial charge is 0.289 e. The number of furan rings is 1. The lowest BCUT2D eigenvalue weighted by atomic mass is 10.0. The number of piperidine rings is 1. The van der Waals surface area contributed by atoms with Gasteiger partial charge in [-0.05, 0) is 51.4 Å². The maximum absolute atomic E-state index is 12.3. The first kappa shape index (κ1) is 13.6. The average molecular weight is 277 g/mol. The largest absolute Gasteiger partial charge is 0.456 e. The Kier molecular flexibility index (Phi) is 3.81. The zero-order chi connectivity index (χ0) is 14.1. The molecule has 1 atom stereocenters. The minimum absolute atomic E-state index is 0.0225. The van der Waals surface area contributed by atoms with Crippen LogP contribution in [-0.4, -0.2) is 54.0 Å². The molecule has 0 bridgehead atoms. The second kappa shape index (κ2) is 5.58. The number of hydrogen-bond donors (Lipinski definition) is 1. The third-order valence-electron chi connectivity index (χ3n) is 4.49. The Hall–Kier alpha value is -1.33. The molecule has 5 nitrogen and oxygen atoms in total. The van der Waals surface area contributed by atoms with Gasteiger partial charge in [-0.2, -0.15) is 0 Å². The van der Waals surface area contributed by atoms with Crippen LogP contribution < -0.4 is 5.73 Å². The van der Waals surface area contributed by atoms with Gasteiger partial charge in [-0.1, -0.05) is 0 Å². The van der Waals surface area contributed by atoms with Gasteiger partial charge in [0.2, 0.25) is 0 Å². The van der Waals surface area contributed by atoms with Crippen molar-refractivity contribution in [3.8, 4) is 0 Å². The van der Waals surface area contributed by atoms with Crippen LogP contribution in [0.5, 0.6) is 0 Å². The third-order valence-corrected chi connectivity index (χ3v) is 4.49. The van der Waals surface area contributed by atoms with Gasteiger partial charge in [0.1, 0.15) is 5.76 Å². The SMILES string of the molecule is Cc1ccc(C(=O)N2CCC(N3CCC(N)CC3)C2)o1. The highest BCUT2D eigenvalue weighted by atomic mass is 16.3. The van der Waals surface area contributed by atoms with Crippen molar-refractivity contribution in [2.75, 3.05) is 26.2 Å². The molecule has 5 heteroatoms. The minimum atomic E-state index is 0.0225. The molecule has 3 heterocycles. The number of aryl methyl sites for hydroxylation is 1. The fourth-order valence-electron chi connectivity index (χ4n) is 3.21. The molecule has 2 aliphatic rings. The summed E-state index contributed by atoms with van der Waals surface area (Å²) in [5.74, 6) is 1.27. The van der Waals surface area contributed by atoms with Crippen molar-refractivity contribution in [1.82, 2.24) is 9.80 Å². The fourth-order valence-corrected chi connectivity index (χ4v) is 3.21. The summed E-state index contributed by atoms with van der Waals surface area (Å²) < 4.78 is 5.43. The van der Waals surface area contributed by atoms with Crippen LogP contribution >= 0.6 is 0 Å². The van der Waals surface area contributed by atoms with Gasteiger partial charge in [-0.15, -0.1) is 0 Å². The first-order valence-electron chi connectivity index (χ1n) is 7.49. The highest BCUT2D eigenvalue weighted by Crippen LogP contribution is 2.22. The van der Waals surface area contributed by atoms with Gasteiger partial charge in [-0.25, -0.2) is 0 Å². The van der Waals surface area contributed by atoms with Gasteiger partial charge in [-0.3, -0.25) is 9.69 Å². The second-order valence-corrected chi connectivity index (χ2v) is 5.98. The maximum atomic E-state index is 12.3. The Bertz CT molecular complexity index is 477. The number of nitrogens with zero attached hydrogens (tertiary/aromatic N) is 2. The van der Waals surface area contributed by atoms with E-state index in [9.17, 15) is 4.79 Å². The van der Waals surface area contributed by atoms with E-state index in [1.54, 1.807) is 6.07 Å². The summed E-state index contributed by atoms with van der Waals surface area (Å²) in [7, 11) is 0. The van der Waals surface area contributed by atoms with E-state index < -0.39 is 0 Å². The van der Waals surface area contributed by atoms with Crippen LogP contribution in [0, 0.1) is 6.92 Å². The molecule has 0 saturated carbocycles. The molecular formula is C15H23N3O2. The lowest BCUT2D eigenvalue weighted by molar-refractivity contribution is 0.0737. The average Bonchev–Trinajstić information content (AvgIpc) is 3.08. The molecule has 2 saturated heterocycles. The third kappa shape index (κ3) is 2.74. The zero-order valence-electron chi connectivity index (χ0n) is 12.0. The number of carbonyl (C=O) groups excluding carboxylic acids is 1. The summed E-state index contributed by atoms with van der Waals surface area (Å²) in [5, 5.41) is 0. The van der Waals surface area contributed by atoms with Crippen LogP contribution in [0.4, 0.5) is 0 Å². The number of likely N-dealkylation sites (tertiary alicyclic amines) is 2. The van der Waals surface area contributed by atoms with E-state index >= 15 is 0 Å². The number of nitrogens with two attached hydrogens (primary N) is 1. The maximum Gasteiger partial charge on any atom is 0.289 e. The summed E-state index contributed by atoms with van der Waals surface area (Å²) in [5.41, 5.74) is 5.95. The predicted octanol–water partition coefficient (Wildman–Crippen LogP) is 1.23. The highest BCUT2D eigenvalue weighted by molar-refractivity contribution is 5.91. The van der Waals surface area contributed by atoms with E-state index in [2.05, 4.69) is 4.90 Å². The molecule has 0 aromatic carbocycles. The van der Waals surface area contributed by atoms with Crippen LogP contribution in [-0.2, 0) is 0 Å². The Morgan fingerprint density at radius 1 is 1.25 bits per heavy atom. The second-order valence-electron chi connectivity index (χ2n) is 5.98. The molecule has 1 aromatic heterocycles. The van der Waals surface area contributed by atoms with E-state index in [1.807, 2.05) is 17.9 Å². The van der Waals surface area contributed by atoms with Gasteiger partial charge in [0, 0.05) is 25.2 Å². The van der Waals surface area contributed by atoms with Crippen LogP contribution in [0.3, 0.4) is 0 Å². The molecule has 1 amide bonds. The van der Waals surface area contributed by atoms with E-state index in [-0.39, 0.29) is 5.91 Å². The number of carbonyl (C=O) groups is 1. The molecule has 2 aliphatic heterocycles. The van der Waals surface area contributed by atoms with E-state index in [1.165, 1.54) is 0 Å². The summed E-state index contributed by atoms with van der Waals surface area (Å²) in [6.45, 7) is 5.63. The lowest BCUT2D eigenvalue weighted by Crippen LogP contribution is -2.46. The van der Waals surface area contributed by atoms with E-state index in [0.29, 0.717) is 17.8 Å². The summed E-state index contributed by atoms with van der Waals surface area (Å²) in [6, 6.07) is 4.46. The number of hydrogen-bond acceptors (Lipinski definition) is 4. The molecule has 2 N–H and O–H groups in total. The lowest BCUT2D eigenvalue weighted by Gasteiger charge is -2.34. The molecule has 3 rings (SSSR count). The normalized spacial score (nSPS) is 25.3. The zero-order valence-corrected chi connectivity index (χ0v) is 12.0.